The Balaban J connectivity index is 1.58. The Morgan fingerprint density at radius 1 is 0.935 bits per heavy atom. The quantitative estimate of drug-likeness (QED) is 0.489. The highest BCUT2D eigenvalue weighted by Crippen LogP contribution is 2.19. The van der Waals surface area contributed by atoms with Crippen molar-refractivity contribution in [3.63, 3.8) is 0 Å². The van der Waals surface area contributed by atoms with Gasteiger partial charge in [0.1, 0.15) is 5.75 Å². The maximum absolute atomic E-state index is 12.5. The number of ether oxygens (including phenoxy) is 1. The summed E-state index contributed by atoms with van der Waals surface area (Å²) in [6, 6.07) is 19.6. The maximum Gasteiger partial charge on any atom is 0.387 e. The van der Waals surface area contributed by atoms with Crippen LogP contribution in [0.3, 0.4) is 0 Å². The number of amides is 3. The number of urea groups is 1. The summed E-state index contributed by atoms with van der Waals surface area (Å²) >= 11 is 0. The Bertz CT molecular complexity index is 1040. The van der Waals surface area contributed by atoms with Crippen molar-refractivity contribution in [2.45, 2.75) is 20.1 Å². The summed E-state index contributed by atoms with van der Waals surface area (Å²) in [6.07, 6.45) is 0. The van der Waals surface area contributed by atoms with Crippen LogP contribution >= 0.6 is 0 Å². The average molecular weight is 425 g/mol. The van der Waals surface area contributed by atoms with Crippen LogP contribution in [0.15, 0.2) is 72.8 Å². The average Bonchev–Trinajstić information content (AvgIpc) is 2.75. The summed E-state index contributed by atoms with van der Waals surface area (Å²) in [6.45, 7) is -0.881. The highest BCUT2D eigenvalue weighted by molar-refractivity contribution is 6.05. The molecule has 0 aliphatic carbocycles. The molecule has 3 aromatic carbocycles. The molecule has 0 aromatic heterocycles. The molecular formula is C23H21F2N3O3. The number of carbonyl (C=O) groups excluding carboxylic acids is 2. The van der Waals surface area contributed by atoms with Crippen LogP contribution in [0, 0.1) is 6.92 Å². The third-order valence-electron chi connectivity index (χ3n) is 4.38. The first kappa shape index (κ1) is 21.8. The van der Waals surface area contributed by atoms with Crippen molar-refractivity contribution in [2.24, 2.45) is 0 Å². The van der Waals surface area contributed by atoms with E-state index in [4.69, 9.17) is 0 Å². The third kappa shape index (κ3) is 6.53. The summed E-state index contributed by atoms with van der Waals surface area (Å²) in [5.74, 6) is -0.245. The van der Waals surface area contributed by atoms with Gasteiger partial charge in [-0.05, 0) is 54.4 Å². The molecule has 3 N–H and O–H groups in total. The van der Waals surface area contributed by atoms with Crippen LogP contribution in [0.4, 0.5) is 25.0 Å². The zero-order valence-corrected chi connectivity index (χ0v) is 16.7. The van der Waals surface area contributed by atoms with Crippen LogP contribution < -0.4 is 20.7 Å². The first-order valence-electron chi connectivity index (χ1n) is 9.46. The lowest BCUT2D eigenvalue weighted by atomic mass is 10.1. The number of carbonyl (C=O) groups is 2. The molecule has 0 saturated heterocycles. The van der Waals surface area contributed by atoms with Gasteiger partial charge in [-0.25, -0.2) is 4.79 Å². The van der Waals surface area contributed by atoms with E-state index in [2.05, 4.69) is 20.7 Å². The fourth-order valence-corrected chi connectivity index (χ4v) is 2.76. The highest BCUT2D eigenvalue weighted by atomic mass is 19.3. The van der Waals surface area contributed by atoms with Crippen LogP contribution in [0.2, 0.25) is 0 Å². The van der Waals surface area contributed by atoms with Gasteiger partial charge in [-0.15, -0.1) is 0 Å². The molecule has 0 atom stereocenters. The van der Waals surface area contributed by atoms with Gasteiger partial charge in [-0.2, -0.15) is 8.78 Å². The van der Waals surface area contributed by atoms with Crippen molar-refractivity contribution in [2.75, 3.05) is 10.6 Å². The number of rotatable bonds is 7. The molecule has 0 radical (unpaired) electrons. The van der Waals surface area contributed by atoms with Gasteiger partial charge >= 0.3 is 12.6 Å². The van der Waals surface area contributed by atoms with Gasteiger partial charge in [0.25, 0.3) is 5.91 Å². The van der Waals surface area contributed by atoms with Gasteiger partial charge < -0.3 is 20.7 Å². The first-order chi connectivity index (χ1) is 14.9. The Kier molecular flexibility index (Phi) is 7.16. The van der Waals surface area contributed by atoms with Gasteiger partial charge in [-0.3, -0.25) is 4.79 Å². The molecule has 0 aliphatic rings. The first-order valence-corrected chi connectivity index (χ1v) is 9.46. The lowest BCUT2D eigenvalue weighted by molar-refractivity contribution is -0.0498. The maximum atomic E-state index is 12.5. The van der Waals surface area contributed by atoms with Gasteiger partial charge in [0, 0.05) is 23.5 Å². The van der Waals surface area contributed by atoms with Crippen molar-refractivity contribution in [3.8, 4) is 5.75 Å². The van der Waals surface area contributed by atoms with E-state index in [9.17, 15) is 18.4 Å². The third-order valence-corrected chi connectivity index (χ3v) is 4.38. The number of aryl methyl sites for hydroxylation is 1. The second-order valence-corrected chi connectivity index (χ2v) is 6.68. The molecule has 0 heterocycles. The largest absolute Gasteiger partial charge is 0.435 e. The molecule has 3 amide bonds. The summed E-state index contributed by atoms with van der Waals surface area (Å²) in [5, 5.41) is 8.20. The van der Waals surface area contributed by atoms with E-state index in [0.717, 1.165) is 5.56 Å². The van der Waals surface area contributed by atoms with Crippen molar-refractivity contribution in [3.05, 3.63) is 89.5 Å². The number of alkyl halides is 2. The molecule has 0 spiro atoms. The minimum atomic E-state index is -2.89. The minimum Gasteiger partial charge on any atom is -0.435 e. The van der Waals surface area contributed by atoms with Gasteiger partial charge in [-0.1, -0.05) is 36.4 Å². The molecule has 160 valence electrons. The predicted molar refractivity (Wildman–Crippen MR) is 115 cm³/mol. The summed E-state index contributed by atoms with van der Waals surface area (Å²) in [7, 11) is 0. The van der Waals surface area contributed by atoms with Gasteiger partial charge in [0.05, 0.1) is 0 Å². The summed E-state index contributed by atoms with van der Waals surface area (Å²) < 4.78 is 28.7. The van der Waals surface area contributed by atoms with Crippen molar-refractivity contribution in [1.29, 1.82) is 0 Å². The van der Waals surface area contributed by atoms with Crippen LogP contribution in [-0.4, -0.2) is 18.5 Å². The Labute approximate surface area is 178 Å². The van der Waals surface area contributed by atoms with Crippen LogP contribution in [0.1, 0.15) is 21.5 Å². The zero-order valence-electron chi connectivity index (χ0n) is 16.7. The molecule has 31 heavy (non-hydrogen) atoms. The van der Waals surface area contributed by atoms with E-state index >= 15 is 0 Å². The Morgan fingerprint density at radius 2 is 1.65 bits per heavy atom. The van der Waals surface area contributed by atoms with Crippen molar-refractivity contribution >= 4 is 23.3 Å². The fourth-order valence-electron chi connectivity index (χ4n) is 2.76. The van der Waals surface area contributed by atoms with Crippen molar-refractivity contribution in [1.82, 2.24) is 5.32 Å². The summed E-state index contributed by atoms with van der Waals surface area (Å²) in [4.78, 5) is 24.7. The summed E-state index contributed by atoms with van der Waals surface area (Å²) in [5.41, 5.74) is 3.08. The van der Waals surface area contributed by atoms with E-state index in [0.29, 0.717) is 22.5 Å². The van der Waals surface area contributed by atoms with Crippen LogP contribution in [0.25, 0.3) is 0 Å². The van der Waals surface area contributed by atoms with E-state index in [-0.39, 0.29) is 18.2 Å². The number of benzene rings is 3. The topological polar surface area (TPSA) is 79.5 Å². The molecule has 3 rings (SSSR count). The van der Waals surface area contributed by atoms with E-state index in [1.807, 2.05) is 25.1 Å². The molecule has 3 aromatic rings. The SMILES string of the molecule is Cc1ccc(C(=O)Nc2ccccc2)cc1NC(=O)NCc1ccc(OC(F)F)cc1. The molecule has 0 fully saturated rings. The smallest absolute Gasteiger partial charge is 0.387 e. The number of nitrogens with one attached hydrogen (secondary N) is 3. The molecule has 0 unspecified atom stereocenters. The number of hydrogen-bond donors (Lipinski definition) is 3. The number of para-hydroxylation sites is 1. The lowest BCUT2D eigenvalue weighted by Gasteiger charge is -2.12. The Hall–Kier alpha value is -3.94. The zero-order chi connectivity index (χ0) is 22.2. The minimum absolute atomic E-state index is 0.0458. The van der Waals surface area contributed by atoms with E-state index < -0.39 is 12.6 Å². The number of hydrogen-bond acceptors (Lipinski definition) is 3. The van der Waals surface area contributed by atoms with Crippen LogP contribution in [0.5, 0.6) is 5.75 Å². The molecule has 0 bridgehead atoms. The lowest BCUT2D eigenvalue weighted by Crippen LogP contribution is -2.28. The van der Waals surface area contributed by atoms with Gasteiger partial charge in [0.2, 0.25) is 0 Å². The normalized spacial score (nSPS) is 10.5. The second-order valence-electron chi connectivity index (χ2n) is 6.68. The van der Waals surface area contributed by atoms with Crippen molar-refractivity contribution < 1.29 is 23.1 Å². The van der Waals surface area contributed by atoms with E-state index in [1.54, 1.807) is 42.5 Å². The van der Waals surface area contributed by atoms with Gasteiger partial charge in [0.15, 0.2) is 0 Å². The molecular weight excluding hydrogens is 404 g/mol. The number of halogens is 2. The molecule has 0 saturated carbocycles. The fraction of sp³-hybridized carbons (Fsp3) is 0.130. The highest BCUT2D eigenvalue weighted by Gasteiger charge is 2.11. The number of anilines is 2. The predicted octanol–water partition coefficient (Wildman–Crippen LogP) is 5.17. The van der Waals surface area contributed by atoms with E-state index in [1.165, 1.54) is 12.1 Å². The standard InChI is InChI=1S/C23H21F2N3O3/c1-15-7-10-17(21(29)27-18-5-3-2-4-6-18)13-20(15)28-23(30)26-14-16-8-11-19(12-9-16)31-22(24)25/h2-13,22H,14H2,1H3,(H,27,29)(H2,26,28,30). The molecule has 8 heteroatoms. The second kappa shape index (κ2) is 10.2. The Morgan fingerprint density at radius 3 is 2.32 bits per heavy atom. The van der Waals surface area contributed by atoms with Crippen LogP contribution in [-0.2, 0) is 6.54 Å². The monoisotopic (exact) mass is 425 g/mol. The molecule has 0 aliphatic heterocycles. The molecule has 6 nitrogen and oxygen atoms in total.